The van der Waals surface area contributed by atoms with Gasteiger partial charge in [0.05, 0.1) is 23.5 Å². The van der Waals surface area contributed by atoms with Crippen LogP contribution in [0.2, 0.25) is 0 Å². The third kappa shape index (κ3) is 3.28. The Labute approximate surface area is 171 Å². The number of carbonyl (C=O) groups excluding carboxylic acids is 1. The van der Waals surface area contributed by atoms with Crippen molar-refractivity contribution in [1.29, 1.82) is 0 Å². The van der Waals surface area contributed by atoms with Crippen LogP contribution in [0, 0.1) is 5.92 Å². The van der Waals surface area contributed by atoms with E-state index >= 15 is 0 Å². The predicted molar refractivity (Wildman–Crippen MR) is 105 cm³/mol. The van der Waals surface area contributed by atoms with Crippen LogP contribution in [0.15, 0.2) is 36.7 Å². The van der Waals surface area contributed by atoms with Crippen molar-refractivity contribution in [3.8, 4) is 0 Å². The minimum atomic E-state index is -4.55. The lowest BCUT2D eigenvalue weighted by atomic mass is 9.92. The van der Waals surface area contributed by atoms with Crippen LogP contribution in [0.5, 0.6) is 0 Å². The lowest BCUT2D eigenvalue weighted by Gasteiger charge is -2.27. The molecule has 30 heavy (non-hydrogen) atoms. The number of aryl methyl sites for hydroxylation is 1. The van der Waals surface area contributed by atoms with E-state index < -0.39 is 23.7 Å². The van der Waals surface area contributed by atoms with Crippen molar-refractivity contribution < 1.29 is 18.0 Å². The summed E-state index contributed by atoms with van der Waals surface area (Å²) < 4.78 is 43.2. The zero-order chi connectivity index (χ0) is 21.6. The molecule has 0 aliphatic carbocycles. The van der Waals surface area contributed by atoms with Gasteiger partial charge in [-0.1, -0.05) is 32.0 Å². The van der Waals surface area contributed by atoms with E-state index in [2.05, 4.69) is 15.3 Å². The molecule has 1 aliphatic heterocycles. The maximum Gasteiger partial charge on any atom is 0.416 e. The minimum Gasteiger partial charge on any atom is -0.292 e. The Kier molecular flexibility index (Phi) is 4.91. The van der Waals surface area contributed by atoms with Gasteiger partial charge in [0.15, 0.2) is 5.69 Å². The summed E-state index contributed by atoms with van der Waals surface area (Å²) in [6.45, 7) is 6.48. The fourth-order valence-corrected chi connectivity index (χ4v) is 3.97. The molecule has 0 bridgehead atoms. The fourth-order valence-electron chi connectivity index (χ4n) is 3.97. The van der Waals surface area contributed by atoms with Crippen LogP contribution < -0.4 is 4.90 Å². The third-order valence-corrected chi connectivity index (χ3v) is 5.23. The highest BCUT2D eigenvalue weighted by molar-refractivity contribution is 6.10. The van der Waals surface area contributed by atoms with Crippen LogP contribution in [-0.2, 0) is 19.1 Å². The van der Waals surface area contributed by atoms with Crippen molar-refractivity contribution in [1.82, 2.24) is 20.0 Å². The summed E-state index contributed by atoms with van der Waals surface area (Å²) >= 11 is 0. The van der Waals surface area contributed by atoms with E-state index in [1.165, 1.54) is 23.2 Å². The van der Waals surface area contributed by atoms with Crippen LogP contribution in [0.3, 0.4) is 0 Å². The van der Waals surface area contributed by atoms with Crippen LogP contribution >= 0.6 is 0 Å². The van der Waals surface area contributed by atoms with E-state index in [-0.39, 0.29) is 17.2 Å². The first kappa shape index (κ1) is 20.2. The van der Waals surface area contributed by atoms with E-state index in [9.17, 15) is 18.0 Å². The summed E-state index contributed by atoms with van der Waals surface area (Å²) in [4.78, 5) is 14.6. The summed E-state index contributed by atoms with van der Waals surface area (Å²) in [5.74, 6) is -0.200. The van der Waals surface area contributed by atoms with Gasteiger partial charge in [0.1, 0.15) is 0 Å². The quantitative estimate of drug-likeness (QED) is 0.660. The molecule has 1 amide bonds. The summed E-state index contributed by atoms with van der Waals surface area (Å²) in [5, 5.41) is 11.3. The molecule has 3 heterocycles. The monoisotopic (exact) mass is 417 g/mol. The van der Waals surface area contributed by atoms with Crippen molar-refractivity contribution >= 4 is 11.6 Å². The van der Waals surface area contributed by atoms with E-state index in [0.717, 1.165) is 6.07 Å². The van der Waals surface area contributed by atoms with E-state index in [1.807, 2.05) is 20.8 Å². The second-order valence-corrected chi connectivity index (χ2v) is 7.78. The molecule has 0 spiro atoms. The van der Waals surface area contributed by atoms with Crippen molar-refractivity contribution in [2.75, 3.05) is 4.90 Å². The number of nitrogens with one attached hydrogen (secondary N) is 1. The molecule has 1 unspecified atom stereocenters. The van der Waals surface area contributed by atoms with E-state index in [0.29, 0.717) is 29.9 Å². The number of rotatable bonds is 5. The predicted octanol–water partition coefficient (Wildman–Crippen LogP) is 4.59. The van der Waals surface area contributed by atoms with Gasteiger partial charge in [-0.3, -0.25) is 19.5 Å². The SMILES string of the molecule is CCn1cc(N2C(=O)c3n[nH]c(CC(C)C)c3C2c2ccccc2C(F)(F)F)cn1. The smallest absolute Gasteiger partial charge is 0.292 e. The lowest BCUT2D eigenvalue weighted by molar-refractivity contribution is -0.138. The molecular weight excluding hydrogens is 395 g/mol. The number of nitrogens with zero attached hydrogens (tertiary/aromatic N) is 4. The number of fused-ring (bicyclic) bond motifs is 1. The zero-order valence-corrected chi connectivity index (χ0v) is 16.9. The van der Waals surface area contributed by atoms with Crippen molar-refractivity contribution in [3.63, 3.8) is 0 Å². The Hall–Kier alpha value is -3.10. The highest BCUT2D eigenvalue weighted by Gasteiger charge is 2.46. The number of H-pyrrole nitrogens is 1. The molecule has 6 nitrogen and oxygen atoms in total. The number of amides is 1. The standard InChI is InChI=1S/C21H22F3N5O/c1-4-28-11-13(10-25-28)29-19(14-7-5-6-8-15(14)21(22,23)24)17-16(9-12(2)3)26-27-18(17)20(29)30/h5-8,10-12,19H,4,9H2,1-3H3,(H,26,27). The molecule has 1 N–H and O–H groups in total. The number of benzene rings is 1. The first-order valence-electron chi connectivity index (χ1n) is 9.81. The van der Waals surface area contributed by atoms with Gasteiger partial charge in [0, 0.05) is 24.0 Å². The first-order chi connectivity index (χ1) is 14.2. The number of alkyl halides is 3. The first-order valence-corrected chi connectivity index (χ1v) is 9.81. The molecule has 9 heteroatoms. The molecule has 1 aliphatic rings. The largest absolute Gasteiger partial charge is 0.416 e. The maximum absolute atomic E-state index is 13.9. The van der Waals surface area contributed by atoms with Gasteiger partial charge in [-0.15, -0.1) is 0 Å². The average Bonchev–Trinajstić information content (AvgIpc) is 3.37. The molecule has 1 atom stereocenters. The number of anilines is 1. The lowest BCUT2D eigenvalue weighted by Crippen LogP contribution is -2.30. The number of aromatic amines is 1. The van der Waals surface area contributed by atoms with Crippen molar-refractivity contribution in [3.05, 3.63) is 64.7 Å². The normalized spacial score (nSPS) is 16.6. The Morgan fingerprint density at radius 3 is 2.60 bits per heavy atom. The number of carbonyl (C=O) groups is 1. The number of hydrogen-bond donors (Lipinski definition) is 1. The topological polar surface area (TPSA) is 66.8 Å². The van der Waals surface area contributed by atoms with E-state index in [1.54, 1.807) is 16.9 Å². The van der Waals surface area contributed by atoms with Crippen molar-refractivity contribution in [2.24, 2.45) is 5.92 Å². The Morgan fingerprint density at radius 2 is 1.97 bits per heavy atom. The fraction of sp³-hybridized carbons (Fsp3) is 0.381. The summed E-state index contributed by atoms with van der Waals surface area (Å²) in [6.07, 6.45) is -0.812. The average molecular weight is 417 g/mol. The van der Waals surface area contributed by atoms with Gasteiger partial charge >= 0.3 is 6.18 Å². The van der Waals surface area contributed by atoms with Gasteiger partial charge in [-0.2, -0.15) is 23.4 Å². The highest BCUT2D eigenvalue weighted by atomic mass is 19.4. The second-order valence-electron chi connectivity index (χ2n) is 7.78. The maximum atomic E-state index is 13.9. The van der Waals surface area contributed by atoms with Gasteiger partial charge in [-0.25, -0.2) is 0 Å². The van der Waals surface area contributed by atoms with Crippen LogP contribution in [0.4, 0.5) is 18.9 Å². The van der Waals surface area contributed by atoms with Gasteiger partial charge in [0.25, 0.3) is 5.91 Å². The van der Waals surface area contributed by atoms with E-state index in [4.69, 9.17) is 0 Å². The second kappa shape index (κ2) is 7.30. The molecule has 2 aromatic heterocycles. The molecule has 0 saturated carbocycles. The van der Waals surface area contributed by atoms with Crippen molar-refractivity contribution in [2.45, 2.75) is 46.0 Å². The van der Waals surface area contributed by atoms with Crippen LogP contribution in [-0.4, -0.2) is 25.9 Å². The van der Waals surface area contributed by atoms with Gasteiger partial charge in [-0.05, 0) is 30.9 Å². The number of hydrogen-bond acceptors (Lipinski definition) is 3. The molecule has 158 valence electrons. The summed E-state index contributed by atoms with van der Waals surface area (Å²) in [5.41, 5.74) is 1.05. The molecule has 1 aromatic carbocycles. The molecule has 0 saturated heterocycles. The van der Waals surface area contributed by atoms with Crippen LogP contribution in [0.25, 0.3) is 0 Å². The molecule has 0 fully saturated rings. The number of aromatic nitrogens is 4. The molecule has 3 aromatic rings. The molecular formula is C21H22F3N5O. The zero-order valence-electron chi connectivity index (χ0n) is 16.9. The van der Waals surface area contributed by atoms with Gasteiger partial charge in [0.2, 0.25) is 0 Å². The highest BCUT2D eigenvalue weighted by Crippen LogP contribution is 2.46. The van der Waals surface area contributed by atoms with Crippen LogP contribution in [0.1, 0.15) is 59.7 Å². The molecule has 4 rings (SSSR count). The summed E-state index contributed by atoms with van der Waals surface area (Å²) in [7, 11) is 0. The van der Waals surface area contributed by atoms with Gasteiger partial charge < -0.3 is 0 Å². The third-order valence-electron chi connectivity index (χ3n) is 5.23. The Bertz CT molecular complexity index is 1080. The molecule has 0 radical (unpaired) electrons. The number of halogens is 3. The Morgan fingerprint density at radius 1 is 1.23 bits per heavy atom. The Balaban J connectivity index is 1.94. The minimum absolute atomic E-state index is 0.0211. The summed E-state index contributed by atoms with van der Waals surface area (Å²) in [6, 6.07) is 4.45.